The van der Waals surface area contributed by atoms with Crippen molar-refractivity contribution in [3.05, 3.63) is 22.8 Å². The number of halogens is 1. The first-order valence-electron chi connectivity index (χ1n) is 7.92. The Bertz CT molecular complexity index is 475. The SMILES string of the molecule is CC(C)N(CC1CC1)c1cc(CNC(C)(C)C)c(Cl)cn1. The van der Waals surface area contributed by atoms with Gasteiger partial charge in [0.2, 0.25) is 0 Å². The average Bonchev–Trinajstić information content (AvgIpc) is 3.18. The second-order valence-electron chi connectivity index (χ2n) is 7.43. The van der Waals surface area contributed by atoms with E-state index in [2.05, 4.69) is 55.9 Å². The van der Waals surface area contributed by atoms with Gasteiger partial charge in [-0.05, 0) is 65.0 Å². The Labute approximate surface area is 134 Å². The normalized spacial score (nSPS) is 15.6. The molecule has 1 aliphatic rings. The van der Waals surface area contributed by atoms with Gasteiger partial charge in [0, 0.05) is 30.9 Å². The highest BCUT2D eigenvalue weighted by atomic mass is 35.5. The maximum absolute atomic E-state index is 6.31. The van der Waals surface area contributed by atoms with E-state index in [0.717, 1.165) is 35.4 Å². The standard InChI is InChI=1S/C17H28ClN3/c1-12(2)21(11-13-6-7-13)16-8-14(15(18)10-19-16)9-20-17(3,4)5/h8,10,12-13,20H,6-7,9,11H2,1-5H3. The molecule has 1 aromatic rings. The molecule has 21 heavy (non-hydrogen) atoms. The van der Waals surface area contributed by atoms with Crippen molar-refractivity contribution in [3.8, 4) is 0 Å². The highest BCUT2D eigenvalue weighted by molar-refractivity contribution is 6.31. The molecule has 0 atom stereocenters. The van der Waals surface area contributed by atoms with Crippen molar-refractivity contribution >= 4 is 17.4 Å². The van der Waals surface area contributed by atoms with Crippen LogP contribution in [0.2, 0.25) is 5.02 Å². The van der Waals surface area contributed by atoms with E-state index in [1.807, 2.05) is 0 Å². The van der Waals surface area contributed by atoms with Gasteiger partial charge in [0.15, 0.2) is 0 Å². The Kier molecular flexibility index (Phi) is 5.15. The summed E-state index contributed by atoms with van der Waals surface area (Å²) in [5.74, 6) is 1.90. The number of pyridine rings is 1. The van der Waals surface area contributed by atoms with Crippen molar-refractivity contribution < 1.29 is 0 Å². The molecule has 0 aromatic carbocycles. The van der Waals surface area contributed by atoms with Gasteiger partial charge in [0.1, 0.15) is 5.82 Å². The van der Waals surface area contributed by atoms with Crippen LogP contribution in [0.5, 0.6) is 0 Å². The summed E-state index contributed by atoms with van der Waals surface area (Å²) in [7, 11) is 0. The van der Waals surface area contributed by atoms with Crippen molar-refractivity contribution in [3.63, 3.8) is 0 Å². The second-order valence-corrected chi connectivity index (χ2v) is 7.83. The number of hydrogen-bond acceptors (Lipinski definition) is 3. The van der Waals surface area contributed by atoms with E-state index in [0.29, 0.717) is 6.04 Å². The highest BCUT2D eigenvalue weighted by Gasteiger charge is 2.26. The van der Waals surface area contributed by atoms with Gasteiger partial charge < -0.3 is 10.2 Å². The van der Waals surface area contributed by atoms with Gasteiger partial charge in [-0.2, -0.15) is 0 Å². The Balaban J connectivity index is 2.15. The van der Waals surface area contributed by atoms with E-state index >= 15 is 0 Å². The minimum atomic E-state index is 0.0819. The van der Waals surface area contributed by atoms with E-state index in [1.54, 1.807) is 6.20 Å². The number of anilines is 1. The lowest BCUT2D eigenvalue weighted by molar-refractivity contribution is 0.424. The maximum atomic E-state index is 6.31. The third-order valence-corrected chi connectivity index (χ3v) is 4.14. The molecule has 0 unspecified atom stereocenters. The van der Waals surface area contributed by atoms with Crippen molar-refractivity contribution in [1.29, 1.82) is 0 Å². The molecule has 0 aliphatic heterocycles. The van der Waals surface area contributed by atoms with Crippen LogP contribution in [0.15, 0.2) is 12.3 Å². The minimum absolute atomic E-state index is 0.0819. The zero-order valence-corrected chi connectivity index (χ0v) is 14.7. The van der Waals surface area contributed by atoms with Gasteiger partial charge in [-0.1, -0.05) is 11.6 Å². The first kappa shape index (κ1) is 16.6. The highest BCUT2D eigenvalue weighted by Crippen LogP contribution is 2.32. The van der Waals surface area contributed by atoms with Crippen LogP contribution in [0.25, 0.3) is 0 Å². The van der Waals surface area contributed by atoms with Crippen LogP contribution >= 0.6 is 11.6 Å². The summed E-state index contributed by atoms with van der Waals surface area (Å²) in [5, 5.41) is 4.24. The third-order valence-electron chi connectivity index (χ3n) is 3.80. The van der Waals surface area contributed by atoms with E-state index in [9.17, 15) is 0 Å². The molecule has 2 rings (SSSR count). The summed E-state index contributed by atoms with van der Waals surface area (Å²) in [6.07, 6.45) is 4.50. The van der Waals surface area contributed by atoms with Crippen LogP contribution < -0.4 is 10.2 Å². The quantitative estimate of drug-likeness (QED) is 0.851. The molecule has 0 saturated heterocycles. The van der Waals surface area contributed by atoms with E-state index in [1.165, 1.54) is 12.8 Å². The zero-order valence-electron chi connectivity index (χ0n) is 13.9. The molecular formula is C17H28ClN3. The fraction of sp³-hybridized carbons (Fsp3) is 0.706. The predicted molar refractivity (Wildman–Crippen MR) is 91.0 cm³/mol. The van der Waals surface area contributed by atoms with Crippen molar-refractivity contribution in [2.24, 2.45) is 5.92 Å². The molecule has 0 spiro atoms. The predicted octanol–water partition coefficient (Wildman–Crippen LogP) is 4.25. The van der Waals surface area contributed by atoms with Gasteiger partial charge in [0.05, 0.1) is 5.02 Å². The summed E-state index contributed by atoms with van der Waals surface area (Å²) < 4.78 is 0. The Hall–Kier alpha value is -0.800. The molecule has 1 aromatic heterocycles. The molecule has 1 heterocycles. The lowest BCUT2D eigenvalue weighted by atomic mass is 10.1. The summed E-state index contributed by atoms with van der Waals surface area (Å²) in [6, 6.07) is 2.60. The van der Waals surface area contributed by atoms with Crippen LogP contribution in [0, 0.1) is 5.92 Å². The summed E-state index contributed by atoms with van der Waals surface area (Å²) in [5.41, 5.74) is 1.21. The first-order chi connectivity index (χ1) is 9.76. The zero-order chi connectivity index (χ0) is 15.6. The van der Waals surface area contributed by atoms with Crippen LogP contribution in [-0.2, 0) is 6.54 Å². The van der Waals surface area contributed by atoms with Gasteiger partial charge >= 0.3 is 0 Å². The molecule has 4 heteroatoms. The van der Waals surface area contributed by atoms with E-state index in [-0.39, 0.29) is 5.54 Å². The largest absolute Gasteiger partial charge is 0.354 e. The smallest absolute Gasteiger partial charge is 0.129 e. The lowest BCUT2D eigenvalue weighted by Crippen LogP contribution is -2.36. The molecule has 0 amide bonds. The van der Waals surface area contributed by atoms with Crippen molar-refractivity contribution in [2.45, 2.75) is 65.6 Å². The number of aromatic nitrogens is 1. The maximum Gasteiger partial charge on any atom is 0.129 e. The van der Waals surface area contributed by atoms with Crippen LogP contribution in [-0.4, -0.2) is 23.1 Å². The third kappa shape index (κ3) is 5.15. The average molecular weight is 310 g/mol. The molecule has 1 fully saturated rings. The molecule has 1 N–H and O–H groups in total. The van der Waals surface area contributed by atoms with Gasteiger partial charge in [-0.15, -0.1) is 0 Å². The molecule has 118 valence electrons. The van der Waals surface area contributed by atoms with Gasteiger partial charge in [0.25, 0.3) is 0 Å². The van der Waals surface area contributed by atoms with E-state index < -0.39 is 0 Å². The number of rotatable bonds is 6. The number of nitrogens with zero attached hydrogens (tertiary/aromatic N) is 2. The monoisotopic (exact) mass is 309 g/mol. The van der Waals surface area contributed by atoms with Crippen molar-refractivity contribution in [2.75, 3.05) is 11.4 Å². The van der Waals surface area contributed by atoms with Gasteiger partial charge in [-0.25, -0.2) is 4.98 Å². The fourth-order valence-electron chi connectivity index (χ4n) is 2.27. The molecular weight excluding hydrogens is 282 g/mol. The second kappa shape index (κ2) is 6.53. The van der Waals surface area contributed by atoms with Crippen LogP contribution in [0.4, 0.5) is 5.82 Å². The molecule has 3 nitrogen and oxygen atoms in total. The molecule has 1 aliphatic carbocycles. The number of hydrogen-bond donors (Lipinski definition) is 1. The topological polar surface area (TPSA) is 28.2 Å². The van der Waals surface area contributed by atoms with Crippen LogP contribution in [0.3, 0.4) is 0 Å². The summed E-state index contributed by atoms with van der Waals surface area (Å²) >= 11 is 6.31. The number of nitrogens with one attached hydrogen (secondary N) is 1. The lowest BCUT2D eigenvalue weighted by Gasteiger charge is -2.29. The Morgan fingerprint density at radius 1 is 1.38 bits per heavy atom. The Morgan fingerprint density at radius 3 is 2.57 bits per heavy atom. The fourth-order valence-corrected chi connectivity index (χ4v) is 2.44. The van der Waals surface area contributed by atoms with Crippen molar-refractivity contribution in [1.82, 2.24) is 10.3 Å². The minimum Gasteiger partial charge on any atom is -0.354 e. The Morgan fingerprint density at radius 2 is 2.05 bits per heavy atom. The van der Waals surface area contributed by atoms with E-state index in [4.69, 9.17) is 11.6 Å². The summed E-state index contributed by atoms with van der Waals surface area (Å²) in [6.45, 7) is 12.8. The van der Waals surface area contributed by atoms with Crippen LogP contribution in [0.1, 0.15) is 53.0 Å². The molecule has 0 radical (unpaired) electrons. The first-order valence-corrected chi connectivity index (χ1v) is 8.30. The summed E-state index contributed by atoms with van der Waals surface area (Å²) in [4.78, 5) is 6.95. The molecule has 1 saturated carbocycles. The molecule has 0 bridgehead atoms. The van der Waals surface area contributed by atoms with Gasteiger partial charge in [-0.3, -0.25) is 0 Å².